The minimum Gasteiger partial charge on any atom is -0.355 e. The molecule has 1 aliphatic rings. The van der Waals surface area contributed by atoms with E-state index >= 15 is 0 Å². The fourth-order valence-electron chi connectivity index (χ4n) is 2.52. The molecule has 0 saturated carbocycles. The highest BCUT2D eigenvalue weighted by atomic mass is 35.5. The Balaban J connectivity index is 1.72. The first-order chi connectivity index (χ1) is 11.1. The molecule has 2 heterocycles. The predicted octanol–water partition coefficient (Wildman–Crippen LogP) is 4.03. The Morgan fingerprint density at radius 2 is 1.74 bits per heavy atom. The Labute approximate surface area is 144 Å². The van der Waals surface area contributed by atoms with Crippen LogP contribution in [0.3, 0.4) is 0 Å². The molecule has 1 aromatic heterocycles. The van der Waals surface area contributed by atoms with E-state index in [1.807, 2.05) is 0 Å². The molecule has 2 aromatic rings. The van der Waals surface area contributed by atoms with Crippen molar-refractivity contribution in [3.63, 3.8) is 0 Å². The summed E-state index contributed by atoms with van der Waals surface area (Å²) >= 11 is 12.1. The molecule has 0 spiro atoms. The number of carbonyl (C=O) groups excluding carboxylic acids is 1. The van der Waals surface area contributed by atoms with Gasteiger partial charge in [0.15, 0.2) is 0 Å². The van der Waals surface area contributed by atoms with Gasteiger partial charge in [0.25, 0.3) is 5.91 Å². The molecule has 120 valence electrons. The number of hydrogen-bond acceptors (Lipinski definition) is 4. The first-order valence-corrected chi connectivity index (χ1v) is 8.23. The average molecular weight is 351 g/mol. The largest absolute Gasteiger partial charge is 0.355 e. The summed E-state index contributed by atoms with van der Waals surface area (Å²) in [5, 5.41) is 3.43. The zero-order valence-electron chi connectivity index (χ0n) is 12.4. The van der Waals surface area contributed by atoms with Crippen molar-refractivity contribution < 1.29 is 4.79 Å². The predicted molar refractivity (Wildman–Crippen MR) is 92.5 cm³/mol. The third kappa shape index (κ3) is 3.74. The molecule has 1 fully saturated rings. The topological polar surface area (TPSA) is 58.1 Å². The molecule has 0 unspecified atom stereocenters. The van der Waals surface area contributed by atoms with Gasteiger partial charge < -0.3 is 10.2 Å². The minimum absolute atomic E-state index is 0.224. The van der Waals surface area contributed by atoms with E-state index in [4.69, 9.17) is 23.2 Å². The lowest BCUT2D eigenvalue weighted by Crippen LogP contribution is -2.30. The quantitative estimate of drug-likeness (QED) is 0.907. The molecular formula is C16H16Cl2N4O. The summed E-state index contributed by atoms with van der Waals surface area (Å²) in [6.45, 7) is 1.96. The first kappa shape index (κ1) is 16.0. The summed E-state index contributed by atoms with van der Waals surface area (Å²) in [4.78, 5) is 23.0. The van der Waals surface area contributed by atoms with Crippen LogP contribution in [0.5, 0.6) is 0 Å². The molecule has 7 heteroatoms. The Morgan fingerprint density at radius 3 is 2.35 bits per heavy atom. The first-order valence-electron chi connectivity index (χ1n) is 7.47. The van der Waals surface area contributed by atoms with Crippen molar-refractivity contribution in [1.29, 1.82) is 0 Å². The summed E-state index contributed by atoms with van der Waals surface area (Å²) < 4.78 is 0. The fraction of sp³-hybridized carbons (Fsp3) is 0.312. The number of anilines is 2. The van der Waals surface area contributed by atoms with Crippen LogP contribution in [0.1, 0.15) is 29.8 Å². The molecule has 1 aromatic carbocycles. The van der Waals surface area contributed by atoms with Crippen LogP contribution in [0.15, 0.2) is 30.6 Å². The van der Waals surface area contributed by atoms with E-state index in [1.54, 1.807) is 24.4 Å². The molecule has 0 radical (unpaired) electrons. The molecule has 1 aliphatic heterocycles. The highest BCUT2D eigenvalue weighted by Gasteiger charge is 2.15. The number of aromatic nitrogens is 2. The second-order valence-corrected chi connectivity index (χ2v) is 6.17. The van der Waals surface area contributed by atoms with Crippen LogP contribution in [-0.4, -0.2) is 29.0 Å². The van der Waals surface area contributed by atoms with E-state index in [0.717, 1.165) is 31.7 Å². The van der Waals surface area contributed by atoms with Gasteiger partial charge >= 0.3 is 0 Å². The Morgan fingerprint density at radius 1 is 1.04 bits per heavy atom. The summed E-state index contributed by atoms with van der Waals surface area (Å²) in [5.74, 6) is 0.412. The molecular weight excluding hydrogens is 335 g/mol. The van der Waals surface area contributed by atoms with Gasteiger partial charge in [-0.25, -0.2) is 9.97 Å². The highest BCUT2D eigenvalue weighted by molar-refractivity contribution is 6.39. The SMILES string of the molecule is O=C(Nc1c(Cl)cccc1Cl)c1cnc(N2CCCCC2)cn1. The number of piperidine rings is 1. The number of hydrogen-bond donors (Lipinski definition) is 1. The van der Waals surface area contributed by atoms with Gasteiger partial charge in [0.05, 0.1) is 28.1 Å². The maximum atomic E-state index is 12.3. The van der Waals surface area contributed by atoms with Crippen LogP contribution in [0.4, 0.5) is 11.5 Å². The van der Waals surface area contributed by atoms with Crippen molar-refractivity contribution in [3.8, 4) is 0 Å². The molecule has 5 nitrogen and oxygen atoms in total. The summed E-state index contributed by atoms with van der Waals surface area (Å²) in [5.41, 5.74) is 0.601. The normalized spacial score (nSPS) is 14.6. The molecule has 1 N–H and O–H groups in total. The molecule has 0 aliphatic carbocycles. The van der Waals surface area contributed by atoms with Crippen LogP contribution in [0, 0.1) is 0 Å². The number of para-hydroxylation sites is 1. The number of halogens is 2. The van der Waals surface area contributed by atoms with Gasteiger partial charge in [-0.05, 0) is 31.4 Å². The number of carbonyl (C=O) groups is 1. The lowest BCUT2D eigenvalue weighted by Gasteiger charge is -2.27. The van der Waals surface area contributed by atoms with Gasteiger partial charge in [-0.2, -0.15) is 0 Å². The van der Waals surface area contributed by atoms with Gasteiger partial charge in [-0.15, -0.1) is 0 Å². The summed E-state index contributed by atoms with van der Waals surface area (Å²) in [6.07, 6.45) is 6.69. The Hall–Kier alpha value is -1.85. The Kier molecular flexibility index (Phi) is 4.98. The number of benzene rings is 1. The summed E-state index contributed by atoms with van der Waals surface area (Å²) in [7, 11) is 0. The van der Waals surface area contributed by atoms with Gasteiger partial charge in [-0.1, -0.05) is 29.3 Å². The van der Waals surface area contributed by atoms with Gasteiger partial charge in [0.2, 0.25) is 0 Å². The molecule has 1 saturated heterocycles. The molecule has 1 amide bonds. The second-order valence-electron chi connectivity index (χ2n) is 5.36. The molecule has 3 rings (SSSR count). The highest BCUT2D eigenvalue weighted by Crippen LogP contribution is 2.30. The van der Waals surface area contributed by atoms with Gasteiger partial charge in [0.1, 0.15) is 11.5 Å². The van der Waals surface area contributed by atoms with E-state index in [1.165, 1.54) is 12.6 Å². The number of nitrogens with one attached hydrogen (secondary N) is 1. The summed E-state index contributed by atoms with van der Waals surface area (Å²) in [6, 6.07) is 5.04. The van der Waals surface area contributed by atoms with Crippen LogP contribution in [0.2, 0.25) is 10.0 Å². The van der Waals surface area contributed by atoms with Crippen LogP contribution >= 0.6 is 23.2 Å². The molecule has 0 atom stereocenters. The number of amides is 1. The van der Waals surface area contributed by atoms with E-state index < -0.39 is 5.91 Å². The fourth-order valence-corrected chi connectivity index (χ4v) is 3.01. The molecule has 23 heavy (non-hydrogen) atoms. The zero-order valence-corrected chi connectivity index (χ0v) is 13.9. The Bertz CT molecular complexity index is 679. The lowest BCUT2D eigenvalue weighted by atomic mass is 10.1. The van der Waals surface area contributed by atoms with Crippen LogP contribution in [0.25, 0.3) is 0 Å². The lowest BCUT2D eigenvalue weighted by molar-refractivity contribution is 0.102. The maximum Gasteiger partial charge on any atom is 0.275 e. The van der Waals surface area contributed by atoms with Crippen molar-refractivity contribution in [3.05, 3.63) is 46.3 Å². The van der Waals surface area contributed by atoms with Gasteiger partial charge in [-0.3, -0.25) is 4.79 Å². The van der Waals surface area contributed by atoms with Crippen molar-refractivity contribution in [2.24, 2.45) is 0 Å². The van der Waals surface area contributed by atoms with Crippen LogP contribution < -0.4 is 10.2 Å². The second kappa shape index (κ2) is 7.15. The van der Waals surface area contributed by atoms with E-state index in [0.29, 0.717) is 15.7 Å². The van der Waals surface area contributed by atoms with E-state index in [2.05, 4.69) is 20.2 Å². The standard InChI is InChI=1S/C16H16Cl2N4O/c17-11-5-4-6-12(18)15(11)21-16(23)13-9-20-14(10-19-13)22-7-2-1-3-8-22/h4-6,9-10H,1-3,7-8H2,(H,21,23). The third-order valence-electron chi connectivity index (χ3n) is 3.75. The van der Waals surface area contributed by atoms with Crippen molar-refractivity contribution in [1.82, 2.24) is 9.97 Å². The molecule has 0 bridgehead atoms. The van der Waals surface area contributed by atoms with Crippen molar-refractivity contribution in [2.75, 3.05) is 23.3 Å². The van der Waals surface area contributed by atoms with Crippen molar-refractivity contribution in [2.45, 2.75) is 19.3 Å². The average Bonchev–Trinajstić information content (AvgIpc) is 2.59. The monoisotopic (exact) mass is 350 g/mol. The number of rotatable bonds is 3. The third-order valence-corrected chi connectivity index (χ3v) is 4.38. The minimum atomic E-state index is -0.391. The van der Waals surface area contributed by atoms with Crippen molar-refractivity contribution >= 4 is 40.6 Å². The van der Waals surface area contributed by atoms with Crippen LogP contribution in [-0.2, 0) is 0 Å². The smallest absolute Gasteiger partial charge is 0.275 e. The van der Waals surface area contributed by atoms with Gasteiger partial charge in [0, 0.05) is 13.1 Å². The van der Waals surface area contributed by atoms with E-state index in [9.17, 15) is 4.79 Å². The zero-order chi connectivity index (χ0) is 16.2. The number of nitrogens with zero attached hydrogens (tertiary/aromatic N) is 3. The van der Waals surface area contributed by atoms with E-state index in [-0.39, 0.29) is 5.69 Å². The maximum absolute atomic E-state index is 12.3.